The fraction of sp³-hybridized carbons (Fsp3) is 0.700. The van der Waals surface area contributed by atoms with Gasteiger partial charge in [-0.05, 0) is 61.9 Å². The summed E-state index contributed by atoms with van der Waals surface area (Å²) in [5.41, 5.74) is 1.81. The third-order valence-electron chi connectivity index (χ3n) is 7.37. The van der Waals surface area contributed by atoms with Crippen LogP contribution < -0.4 is 0 Å². The van der Waals surface area contributed by atoms with Crippen molar-refractivity contribution in [1.29, 1.82) is 0 Å². The van der Waals surface area contributed by atoms with Gasteiger partial charge in [0.2, 0.25) is 0 Å². The summed E-state index contributed by atoms with van der Waals surface area (Å²) < 4.78 is 10.5. The summed E-state index contributed by atoms with van der Waals surface area (Å²) >= 11 is 0. The molecule has 0 aromatic rings. The molecule has 1 saturated carbocycles. The van der Waals surface area contributed by atoms with Crippen LogP contribution in [0.2, 0.25) is 0 Å². The van der Waals surface area contributed by atoms with Crippen LogP contribution in [0, 0.1) is 22.7 Å². The first-order chi connectivity index (χ1) is 11.5. The second-order valence-electron chi connectivity index (χ2n) is 8.25. The maximum Gasteiger partial charge on any atom is 0.334 e. The highest BCUT2D eigenvalue weighted by Crippen LogP contribution is 2.63. The molecule has 2 aliphatic heterocycles. The Bertz CT molecular complexity index is 646. The van der Waals surface area contributed by atoms with Gasteiger partial charge in [0.25, 0.3) is 0 Å². The fourth-order valence-corrected chi connectivity index (χ4v) is 5.71. The van der Waals surface area contributed by atoms with Crippen molar-refractivity contribution in [2.45, 2.75) is 52.4 Å². The van der Waals surface area contributed by atoms with E-state index in [0.717, 1.165) is 49.7 Å². The van der Waals surface area contributed by atoms with E-state index in [0.29, 0.717) is 25.0 Å². The molecule has 24 heavy (non-hydrogen) atoms. The molecule has 130 valence electrons. The standard InChI is InChI=1S/C20H26O4/c1-13-6-10-20-12-24-18(22)15(20)4-3-5-16(20)19(13,2)9-7-14-8-11-23-17(14)21/h4,8,13,16H,3,5-7,9-12H2,1-2H3/t13-,16+,19-,20-/m1/s1. The highest BCUT2D eigenvalue weighted by molar-refractivity contribution is 5.92. The third-order valence-corrected chi connectivity index (χ3v) is 7.37. The number of hydrogen-bond acceptors (Lipinski definition) is 4. The zero-order chi connectivity index (χ0) is 16.9. The van der Waals surface area contributed by atoms with Gasteiger partial charge in [-0.1, -0.05) is 19.9 Å². The summed E-state index contributed by atoms with van der Waals surface area (Å²) in [5, 5.41) is 0. The van der Waals surface area contributed by atoms with E-state index in [1.54, 1.807) is 0 Å². The minimum absolute atomic E-state index is 0.0822. The van der Waals surface area contributed by atoms with Crippen molar-refractivity contribution >= 4 is 11.9 Å². The van der Waals surface area contributed by atoms with Crippen LogP contribution in [-0.4, -0.2) is 25.2 Å². The van der Waals surface area contributed by atoms with Crippen molar-refractivity contribution < 1.29 is 19.1 Å². The Balaban J connectivity index is 1.63. The molecule has 2 heterocycles. The highest BCUT2D eigenvalue weighted by Gasteiger charge is 2.60. The molecule has 4 atom stereocenters. The Morgan fingerprint density at radius 3 is 2.75 bits per heavy atom. The molecule has 0 aromatic carbocycles. The minimum atomic E-state index is -0.152. The van der Waals surface area contributed by atoms with Crippen LogP contribution in [0.3, 0.4) is 0 Å². The normalized spacial score (nSPS) is 41.1. The summed E-state index contributed by atoms with van der Waals surface area (Å²) in [4.78, 5) is 24.0. The topological polar surface area (TPSA) is 52.6 Å². The SMILES string of the molecule is C[C@@H]1CC[C@@]23COC(=O)C2=CCC[C@H]3[C@]1(C)CCC1=CCOC1=O. The molecule has 4 nitrogen and oxygen atoms in total. The van der Waals surface area contributed by atoms with Gasteiger partial charge in [-0.2, -0.15) is 0 Å². The molecule has 0 aromatic heterocycles. The van der Waals surface area contributed by atoms with Crippen LogP contribution in [0.15, 0.2) is 23.3 Å². The van der Waals surface area contributed by atoms with Gasteiger partial charge in [-0.15, -0.1) is 0 Å². The predicted octanol–water partition coefficient (Wildman–Crippen LogP) is 3.57. The van der Waals surface area contributed by atoms with Crippen molar-refractivity contribution in [3.63, 3.8) is 0 Å². The molecule has 4 heteroatoms. The van der Waals surface area contributed by atoms with Crippen LogP contribution in [0.25, 0.3) is 0 Å². The van der Waals surface area contributed by atoms with Gasteiger partial charge >= 0.3 is 11.9 Å². The van der Waals surface area contributed by atoms with Crippen LogP contribution in [0.5, 0.6) is 0 Å². The average Bonchev–Trinajstić information content (AvgIpc) is 3.13. The summed E-state index contributed by atoms with van der Waals surface area (Å²) in [7, 11) is 0. The first kappa shape index (κ1) is 15.9. The van der Waals surface area contributed by atoms with Gasteiger partial charge in [-0.25, -0.2) is 9.59 Å². The largest absolute Gasteiger partial charge is 0.461 e. The lowest BCUT2D eigenvalue weighted by atomic mass is 9.47. The summed E-state index contributed by atoms with van der Waals surface area (Å²) in [6.45, 7) is 5.68. The summed E-state index contributed by atoms with van der Waals surface area (Å²) in [6, 6.07) is 0. The zero-order valence-corrected chi connectivity index (χ0v) is 14.6. The maximum atomic E-state index is 12.2. The molecule has 0 bridgehead atoms. The van der Waals surface area contributed by atoms with Gasteiger partial charge in [-0.3, -0.25) is 0 Å². The molecular weight excluding hydrogens is 304 g/mol. The molecule has 1 spiro atoms. The first-order valence-electron chi connectivity index (χ1n) is 9.21. The molecule has 0 N–H and O–H groups in total. The number of allylic oxidation sites excluding steroid dienone is 1. The van der Waals surface area contributed by atoms with Crippen molar-refractivity contribution in [3.05, 3.63) is 23.3 Å². The number of hydrogen-bond donors (Lipinski definition) is 0. The molecule has 2 fully saturated rings. The molecule has 4 rings (SSSR count). The van der Waals surface area contributed by atoms with Crippen LogP contribution in [0.1, 0.15) is 52.4 Å². The van der Waals surface area contributed by atoms with Crippen molar-refractivity contribution in [3.8, 4) is 0 Å². The molecule has 1 saturated heterocycles. The van der Waals surface area contributed by atoms with Crippen molar-refractivity contribution in [2.24, 2.45) is 22.7 Å². The Labute approximate surface area is 143 Å². The smallest absolute Gasteiger partial charge is 0.334 e. The van der Waals surface area contributed by atoms with E-state index >= 15 is 0 Å². The quantitative estimate of drug-likeness (QED) is 0.742. The molecule has 4 aliphatic rings. The number of carbonyl (C=O) groups is 2. The second kappa shape index (κ2) is 5.47. The number of ether oxygens (including phenoxy) is 2. The Morgan fingerprint density at radius 1 is 1.17 bits per heavy atom. The van der Waals surface area contributed by atoms with Gasteiger partial charge in [0.1, 0.15) is 13.2 Å². The third kappa shape index (κ3) is 2.11. The monoisotopic (exact) mass is 330 g/mol. The molecule has 0 amide bonds. The number of carbonyl (C=O) groups excluding carboxylic acids is 2. The summed E-state index contributed by atoms with van der Waals surface area (Å²) in [6.07, 6.45) is 10.0. The average molecular weight is 330 g/mol. The van der Waals surface area contributed by atoms with Crippen LogP contribution in [0.4, 0.5) is 0 Å². The maximum absolute atomic E-state index is 12.2. The Kier molecular flexibility index (Phi) is 3.63. The Hall–Kier alpha value is -1.58. The van der Waals surface area contributed by atoms with Crippen molar-refractivity contribution in [1.82, 2.24) is 0 Å². The lowest BCUT2D eigenvalue weighted by molar-refractivity contribution is -0.137. The van der Waals surface area contributed by atoms with E-state index in [4.69, 9.17) is 9.47 Å². The number of esters is 2. The molecular formula is C20H26O4. The lowest BCUT2D eigenvalue weighted by Crippen LogP contribution is -2.51. The lowest BCUT2D eigenvalue weighted by Gasteiger charge is -2.56. The zero-order valence-electron chi connectivity index (χ0n) is 14.6. The van der Waals surface area contributed by atoms with Crippen molar-refractivity contribution in [2.75, 3.05) is 13.2 Å². The van der Waals surface area contributed by atoms with Crippen LogP contribution >= 0.6 is 0 Å². The number of rotatable bonds is 3. The van der Waals surface area contributed by atoms with Crippen LogP contribution in [-0.2, 0) is 19.1 Å². The Morgan fingerprint density at radius 2 is 2.00 bits per heavy atom. The predicted molar refractivity (Wildman–Crippen MR) is 89.0 cm³/mol. The number of cyclic esters (lactones) is 2. The first-order valence-corrected chi connectivity index (χ1v) is 9.21. The fourth-order valence-electron chi connectivity index (χ4n) is 5.71. The highest BCUT2D eigenvalue weighted by atomic mass is 16.5. The van der Waals surface area contributed by atoms with E-state index in [1.165, 1.54) is 0 Å². The summed E-state index contributed by atoms with van der Waals surface area (Å²) in [5.74, 6) is 0.790. The van der Waals surface area contributed by atoms with E-state index in [1.807, 2.05) is 6.08 Å². The second-order valence-corrected chi connectivity index (χ2v) is 8.25. The van der Waals surface area contributed by atoms with Gasteiger partial charge < -0.3 is 9.47 Å². The molecule has 0 radical (unpaired) electrons. The van der Waals surface area contributed by atoms with E-state index in [-0.39, 0.29) is 22.8 Å². The van der Waals surface area contributed by atoms with Gasteiger partial charge in [0, 0.05) is 16.6 Å². The van der Waals surface area contributed by atoms with E-state index in [9.17, 15) is 9.59 Å². The molecule has 2 aliphatic carbocycles. The molecule has 0 unspecified atom stereocenters. The van der Waals surface area contributed by atoms with Gasteiger partial charge in [0.05, 0.1) is 0 Å². The van der Waals surface area contributed by atoms with E-state index in [2.05, 4.69) is 19.9 Å². The minimum Gasteiger partial charge on any atom is -0.461 e. The van der Waals surface area contributed by atoms with Gasteiger partial charge in [0.15, 0.2) is 0 Å². The van der Waals surface area contributed by atoms with E-state index < -0.39 is 0 Å².